The van der Waals surface area contributed by atoms with E-state index in [0.29, 0.717) is 39.9 Å². The maximum Gasteiger partial charge on any atom is 0.274 e. The van der Waals surface area contributed by atoms with Crippen molar-refractivity contribution in [3.63, 3.8) is 0 Å². The zero-order chi connectivity index (χ0) is 25.7. The van der Waals surface area contributed by atoms with Crippen molar-refractivity contribution in [1.82, 2.24) is 13.9 Å². The number of amides is 1. The minimum atomic E-state index is -1.12. The molecule has 2 aliphatic rings. The number of carbonyl (C=O) groups is 1. The summed E-state index contributed by atoms with van der Waals surface area (Å²) in [5, 5.41) is 0.746. The first-order chi connectivity index (χ1) is 17.1. The summed E-state index contributed by atoms with van der Waals surface area (Å²) in [5.41, 5.74) is 0.334. The highest BCUT2D eigenvalue weighted by atomic mass is 35.5. The summed E-state index contributed by atoms with van der Waals surface area (Å²) < 4.78 is 31.8. The Morgan fingerprint density at radius 2 is 1.83 bits per heavy atom. The molecule has 1 saturated carbocycles. The standard InChI is InChI=1S/C25H23Cl3F2N4O2/c1-31-4-6-32(7-5-31)22-11-21-16(9-19(22)29)24(35)17(13-33(21)23-10-20(23)30)25(36)34(28)12-14-2-3-15(26)8-18(14)27/h2-3,8-9,11,13,20,23H,4-7,10,12H2,1H3. The van der Waals surface area contributed by atoms with Gasteiger partial charge in [-0.1, -0.05) is 29.3 Å². The van der Waals surface area contributed by atoms with E-state index in [1.54, 1.807) is 22.8 Å². The second-order valence-corrected chi connectivity index (χ2v) is 10.5. The van der Waals surface area contributed by atoms with Crippen LogP contribution in [0.5, 0.6) is 0 Å². The van der Waals surface area contributed by atoms with Gasteiger partial charge >= 0.3 is 0 Å². The second-order valence-electron chi connectivity index (χ2n) is 9.27. The molecule has 11 heteroatoms. The van der Waals surface area contributed by atoms with E-state index in [0.717, 1.165) is 23.6 Å². The quantitative estimate of drug-likeness (QED) is 0.402. The van der Waals surface area contributed by atoms with Crippen LogP contribution in [0.25, 0.3) is 10.9 Å². The van der Waals surface area contributed by atoms with Crippen molar-refractivity contribution in [2.75, 3.05) is 38.1 Å². The van der Waals surface area contributed by atoms with E-state index in [2.05, 4.69) is 4.90 Å². The number of rotatable bonds is 5. The first-order valence-electron chi connectivity index (χ1n) is 11.5. The van der Waals surface area contributed by atoms with Gasteiger partial charge in [-0.05, 0) is 36.9 Å². The van der Waals surface area contributed by atoms with Crippen LogP contribution < -0.4 is 10.3 Å². The van der Waals surface area contributed by atoms with Crippen molar-refractivity contribution in [2.24, 2.45) is 0 Å². The van der Waals surface area contributed by atoms with Gasteiger partial charge in [0.1, 0.15) is 17.6 Å². The average Bonchev–Trinajstić information content (AvgIpc) is 3.57. The molecule has 36 heavy (non-hydrogen) atoms. The maximum atomic E-state index is 15.2. The molecular formula is C25H23Cl3F2N4O2. The van der Waals surface area contributed by atoms with Crippen LogP contribution in [-0.2, 0) is 6.54 Å². The van der Waals surface area contributed by atoms with Gasteiger partial charge in [0.05, 0.1) is 23.8 Å². The van der Waals surface area contributed by atoms with Gasteiger partial charge in [0.15, 0.2) is 0 Å². The van der Waals surface area contributed by atoms with E-state index in [4.69, 9.17) is 35.0 Å². The van der Waals surface area contributed by atoms with E-state index in [1.165, 1.54) is 12.3 Å². The zero-order valence-electron chi connectivity index (χ0n) is 19.4. The lowest BCUT2D eigenvalue weighted by molar-refractivity contribution is 0.0855. The third kappa shape index (κ3) is 4.79. The number of halogens is 5. The Kier molecular flexibility index (Phi) is 6.89. The number of hydrogen-bond donors (Lipinski definition) is 0. The van der Waals surface area contributed by atoms with Crippen LogP contribution in [0, 0.1) is 5.82 Å². The van der Waals surface area contributed by atoms with Crippen molar-refractivity contribution in [1.29, 1.82) is 0 Å². The number of alkyl halides is 1. The van der Waals surface area contributed by atoms with Crippen molar-refractivity contribution >= 4 is 57.5 Å². The molecule has 2 atom stereocenters. The molecule has 1 amide bonds. The van der Waals surface area contributed by atoms with Gasteiger partial charge in [0, 0.05) is 66.0 Å². The third-order valence-corrected chi connectivity index (χ3v) is 7.62. The highest BCUT2D eigenvalue weighted by Crippen LogP contribution is 2.41. The number of piperazine rings is 1. The molecule has 190 valence electrons. The fourth-order valence-corrected chi connectivity index (χ4v) is 5.21. The monoisotopic (exact) mass is 554 g/mol. The predicted molar refractivity (Wildman–Crippen MR) is 139 cm³/mol. The fourth-order valence-electron chi connectivity index (χ4n) is 4.52. The SMILES string of the molecule is CN1CCN(c2cc3c(cc2F)c(=O)c(C(=O)N(Cl)Cc2ccc(Cl)cc2Cl)cn3C2CC2F)CC1. The number of likely N-dealkylation sites (N-methyl/N-ethyl adjacent to an activating group) is 1. The Morgan fingerprint density at radius 1 is 1.14 bits per heavy atom. The summed E-state index contributed by atoms with van der Waals surface area (Å²) in [6.07, 6.45) is 0.468. The number of carbonyl (C=O) groups excluding carboxylic acids is 1. The minimum Gasteiger partial charge on any atom is -0.367 e. The van der Waals surface area contributed by atoms with Crippen LogP contribution in [0.3, 0.4) is 0 Å². The fraction of sp³-hybridized carbons (Fsp3) is 0.360. The first-order valence-corrected chi connectivity index (χ1v) is 12.6. The molecule has 6 nitrogen and oxygen atoms in total. The summed E-state index contributed by atoms with van der Waals surface area (Å²) in [5.74, 6) is -1.36. The molecular weight excluding hydrogens is 533 g/mol. The van der Waals surface area contributed by atoms with Crippen LogP contribution in [-0.4, -0.2) is 59.2 Å². The molecule has 5 rings (SSSR count). The number of hydrogen-bond acceptors (Lipinski definition) is 4. The molecule has 2 unspecified atom stereocenters. The molecule has 1 aliphatic heterocycles. The normalized spacial score (nSPS) is 20.1. The third-order valence-electron chi connectivity index (χ3n) is 6.76. The molecule has 2 fully saturated rings. The molecule has 1 saturated heterocycles. The van der Waals surface area contributed by atoms with Gasteiger partial charge in [0.25, 0.3) is 5.91 Å². The zero-order valence-corrected chi connectivity index (χ0v) is 21.6. The number of benzene rings is 2. The van der Waals surface area contributed by atoms with Gasteiger partial charge in [-0.15, -0.1) is 0 Å². The van der Waals surface area contributed by atoms with Gasteiger partial charge in [-0.25, -0.2) is 13.2 Å². The van der Waals surface area contributed by atoms with Crippen LogP contribution in [0.1, 0.15) is 28.4 Å². The van der Waals surface area contributed by atoms with E-state index >= 15 is 4.39 Å². The maximum absolute atomic E-state index is 15.2. The van der Waals surface area contributed by atoms with Crippen LogP contribution >= 0.6 is 35.0 Å². The van der Waals surface area contributed by atoms with E-state index in [-0.39, 0.29) is 23.9 Å². The Morgan fingerprint density at radius 3 is 2.47 bits per heavy atom. The van der Waals surface area contributed by atoms with Gasteiger partial charge in [0.2, 0.25) is 5.43 Å². The molecule has 1 aliphatic carbocycles. The highest BCUT2D eigenvalue weighted by Gasteiger charge is 2.40. The van der Waals surface area contributed by atoms with Crippen molar-refractivity contribution < 1.29 is 13.6 Å². The molecule has 0 bridgehead atoms. The smallest absolute Gasteiger partial charge is 0.274 e. The summed E-state index contributed by atoms with van der Waals surface area (Å²) in [4.78, 5) is 30.6. The summed E-state index contributed by atoms with van der Waals surface area (Å²) in [6.45, 7) is 2.71. The lowest BCUT2D eigenvalue weighted by Gasteiger charge is -2.34. The van der Waals surface area contributed by atoms with Gasteiger partial charge < -0.3 is 14.4 Å². The van der Waals surface area contributed by atoms with Crippen LogP contribution in [0.2, 0.25) is 10.0 Å². The average molecular weight is 556 g/mol. The topological polar surface area (TPSA) is 48.8 Å². The summed E-state index contributed by atoms with van der Waals surface area (Å²) >= 11 is 18.4. The molecule has 2 heterocycles. The largest absolute Gasteiger partial charge is 0.367 e. The lowest BCUT2D eigenvalue weighted by atomic mass is 10.1. The molecule has 1 aromatic heterocycles. The Bertz CT molecular complexity index is 1410. The molecule has 3 aromatic rings. The van der Waals surface area contributed by atoms with Crippen LogP contribution in [0.4, 0.5) is 14.5 Å². The van der Waals surface area contributed by atoms with Crippen molar-refractivity contribution in [3.05, 3.63) is 73.7 Å². The highest BCUT2D eigenvalue weighted by molar-refractivity contribution is 6.35. The lowest BCUT2D eigenvalue weighted by Crippen LogP contribution is -2.44. The predicted octanol–water partition coefficient (Wildman–Crippen LogP) is 5.28. The second kappa shape index (κ2) is 9.82. The summed E-state index contributed by atoms with van der Waals surface area (Å²) in [6, 6.07) is 6.94. The number of nitrogens with zero attached hydrogens (tertiary/aromatic N) is 4. The number of anilines is 1. The van der Waals surface area contributed by atoms with Crippen molar-refractivity contribution in [2.45, 2.75) is 25.2 Å². The Labute approximate surface area is 221 Å². The Hall–Kier alpha value is -2.39. The molecule has 2 aromatic carbocycles. The molecule has 0 radical (unpaired) electrons. The Balaban J connectivity index is 1.55. The number of fused-ring (bicyclic) bond motifs is 1. The summed E-state index contributed by atoms with van der Waals surface area (Å²) in [7, 11) is 2.00. The van der Waals surface area contributed by atoms with Crippen LogP contribution in [0.15, 0.2) is 41.3 Å². The molecule has 0 spiro atoms. The minimum absolute atomic E-state index is 0.00456. The van der Waals surface area contributed by atoms with Gasteiger partial charge in [-0.3, -0.25) is 9.59 Å². The van der Waals surface area contributed by atoms with E-state index in [9.17, 15) is 14.0 Å². The van der Waals surface area contributed by atoms with E-state index < -0.39 is 29.4 Å². The number of aromatic nitrogens is 1. The molecule has 0 N–H and O–H groups in total. The van der Waals surface area contributed by atoms with Crippen molar-refractivity contribution in [3.8, 4) is 0 Å². The first kappa shape index (κ1) is 25.3. The van der Waals surface area contributed by atoms with Gasteiger partial charge in [-0.2, -0.15) is 0 Å². The van der Waals surface area contributed by atoms with E-state index in [1.807, 2.05) is 11.9 Å². The number of pyridine rings is 1.